The summed E-state index contributed by atoms with van der Waals surface area (Å²) in [5.41, 5.74) is -0.462. The number of aromatic nitrogens is 1. The molecule has 0 fully saturated rings. The van der Waals surface area contributed by atoms with Gasteiger partial charge >= 0.3 is 6.03 Å². The highest BCUT2D eigenvalue weighted by Crippen LogP contribution is 2.39. The Kier molecular flexibility index (Phi) is 7.28. The molecule has 0 atom stereocenters. The SMILES string of the molecule is COc1cccc(F)c1Oc1ccc(N(S(C)(=O)=O)S(C)(=O)=O)cc1NC(=O)Nc1nccs1. The first-order valence-electron chi connectivity index (χ1n) is 9.22. The molecule has 0 saturated heterocycles. The molecule has 0 bridgehead atoms. The van der Waals surface area contributed by atoms with Crippen molar-refractivity contribution in [2.45, 2.75) is 0 Å². The normalized spacial score (nSPS) is 11.5. The van der Waals surface area contributed by atoms with Crippen LogP contribution in [0.1, 0.15) is 0 Å². The van der Waals surface area contributed by atoms with Crippen molar-refractivity contribution in [3.8, 4) is 17.2 Å². The predicted octanol–water partition coefficient (Wildman–Crippen LogP) is 3.45. The first-order valence-corrected chi connectivity index (χ1v) is 13.8. The van der Waals surface area contributed by atoms with Gasteiger partial charge < -0.3 is 14.8 Å². The quantitative estimate of drug-likeness (QED) is 0.451. The van der Waals surface area contributed by atoms with Gasteiger partial charge in [-0.05, 0) is 30.3 Å². The fourth-order valence-electron chi connectivity index (χ4n) is 2.84. The summed E-state index contributed by atoms with van der Waals surface area (Å²) in [6.07, 6.45) is 2.89. The van der Waals surface area contributed by atoms with Crippen LogP contribution in [-0.2, 0) is 20.0 Å². The van der Waals surface area contributed by atoms with Crippen LogP contribution in [0.3, 0.4) is 0 Å². The number of anilines is 3. The van der Waals surface area contributed by atoms with Crippen LogP contribution in [0, 0.1) is 5.82 Å². The van der Waals surface area contributed by atoms with Gasteiger partial charge in [-0.3, -0.25) is 5.32 Å². The Labute approximate surface area is 199 Å². The highest BCUT2D eigenvalue weighted by molar-refractivity contribution is 8.09. The maximum Gasteiger partial charge on any atom is 0.325 e. The molecule has 0 radical (unpaired) electrons. The number of nitrogens with zero attached hydrogens (tertiary/aromatic N) is 2. The van der Waals surface area contributed by atoms with Gasteiger partial charge in [0.15, 0.2) is 22.4 Å². The number of hydrogen-bond acceptors (Lipinski definition) is 9. The number of hydrogen-bond donors (Lipinski definition) is 2. The number of sulfonamides is 2. The van der Waals surface area contributed by atoms with E-state index in [1.165, 1.54) is 31.5 Å². The number of methoxy groups -OCH3 is 1. The van der Waals surface area contributed by atoms with E-state index in [0.29, 0.717) is 12.5 Å². The first kappa shape index (κ1) is 25.2. The van der Waals surface area contributed by atoms with Gasteiger partial charge in [-0.15, -0.1) is 11.3 Å². The van der Waals surface area contributed by atoms with Crippen molar-refractivity contribution in [3.63, 3.8) is 0 Å². The zero-order chi connectivity index (χ0) is 25.1. The number of nitrogens with one attached hydrogen (secondary N) is 2. The number of amides is 2. The van der Waals surface area contributed by atoms with E-state index in [-0.39, 0.29) is 37.5 Å². The average Bonchev–Trinajstić information content (AvgIpc) is 3.21. The maximum absolute atomic E-state index is 14.4. The van der Waals surface area contributed by atoms with E-state index in [1.807, 2.05) is 0 Å². The first-order chi connectivity index (χ1) is 15.9. The average molecular weight is 531 g/mol. The van der Waals surface area contributed by atoms with Crippen molar-refractivity contribution < 1.29 is 35.5 Å². The van der Waals surface area contributed by atoms with Crippen LogP contribution in [0.4, 0.5) is 25.7 Å². The third-order valence-corrected chi connectivity index (χ3v) is 7.98. The molecular weight excluding hydrogens is 511 g/mol. The molecule has 15 heteroatoms. The van der Waals surface area contributed by atoms with Gasteiger partial charge in [0.05, 0.1) is 31.0 Å². The molecule has 1 aromatic heterocycles. The summed E-state index contributed by atoms with van der Waals surface area (Å²) in [6, 6.07) is 6.57. The number of urea groups is 1. The van der Waals surface area contributed by atoms with Gasteiger partial charge in [0.2, 0.25) is 25.8 Å². The molecule has 2 amide bonds. The van der Waals surface area contributed by atoms with Gasteiger partial charge in [0.25, 0.3) is 0 Å². The minimum absolute atomic E-state index is 0.0520. The molecule has 3 rings (SSSR count). The van der Waals surface area contributed by atoms with E-state index < -0.39 is 31.9 Å². The maximum atomic E-state index is 14.4. The molecule has 3 aromatic rings. The van der Waals surface area contributed by atoms with E-state index in [1.54, 1.807) is 5.38 Å². The smallest absolute Gasteiger partial charge is 0.325 e. The second-order valence-corrected chi connectivity index (χ2v) is 11.5. The standard InChI is InChI=1S/C19H19FN4O7S3/c1-30-16-6-4-5-13(20)17(16)31-15-8-7-12(24(33(2,26)27)34(3,28)29)11-14(15)22-18(25)23-19-21-9-10-32-19/h4-11H,1-3H3,(H2,21,22,23,25). The summed E-state index contributed by atoms with van der Waals surface area (Å²) in [4.78, 5) is 16.4. The fraction of sp³-hybridized carbons (Fsp3) is 0.158. The van der Waals surface area contributed by atoms with E-state index in [2.05, 4.69) is 15.6 Å². The summed E-state index contributed by atoms with van der Waals surface area (Å²) in [5.74, 6) is -1.14. The van der Waals surface area contributed by atoms with E-state index in [0.717, 1.165) is 29.5 Å². The Balaban J connectivity index is 2.09. The van der Waals surface area contributed by atoms with Crippen LogP contribution < -0.4 is 23.8 Å². The van der Waals surface area contributed by atoms with Crippen LogP contribution in [0.5, 0.6) is 17.2 Å². The Morgan fingerprint density at radius 2 is 1.76 bits per heavy atom. The summed E-state index contributed by atoms with van der Waals surface area (Å²) < 4.78 is 74.0. The Morgan fingerprint density at radius 1 is 1.06 bits per heavy atom. The van der Waals surface area contributed by atoms with Crippen molar-refractivity contribution >= 4 is 53.9 Å². The third kappa shape index (κ3) is 5.92. The van der Waals surface area contributed by atoms with Gasteiger partial charge in [-0.2, -0.15) is 3.71 Å². The fourth-order valence-corrected chi connectivity index (χ4v) is 6.33. The highest BCUT2D eigenvalue weighted by atomic mass is 32.3. The van der Waals surface area contributed by atoms with Crippen LogP contribution in [0.25, 0.3) is 0 Å². The summed E-state index contributed by atoms with van der Waals surface area (Å²) in [5, 5.41) is 6.79. The molecule has 0 aliphatic rings. The highest BCUT2D eigenvalue weighted by Gasteiger charge is 2.28. The molecule has 2 aromatic carbocycles. The lowest BCUT2D eigenvalue weighted by atomic mass is 10.2. The summed E-state index contributed by atoms with van der Waals surface area (Å²) in [6.45, 7) is 0. The van der Waals surface area contributed by atoms with Gasteiger partial charge in [0.1, 0.15) is 0 Å². The van der Waals surface area contributed by atoms with Crippen LogP contribution in [0.2, 0.25) is 0 Å². The molecule has 2 N–H and O–H groups in total. The topological polar surface area (TPSA) is 144 Å². The number of carbonyl (C=O) groups excluding carboxylic acids is 1. The van der Waals surface area contributed by atoms with Gasteiger partial charge in [-0.25, -0.2) is 31.0 Å². The summed E-state index contributed by atoms with van der Waals surface area (Å²) >= 11 is 1.14. The minimum Gasteiger partial charge on any atom is -0.493 e. The van der Waals surface area contributed by atoms with Crippen molar-refractivity contribution in [2.24, 2.45) is 0 Å². The Hall–Kier alpha value is -3.43. The van der Waals surface area contributed by atoms with E-state index in [4.69, 9.17) is 9.47 Å². The second kappa shape index (κ2) is 9.82. The monoisotopic (exact) mass is 530 g/mol. The minimum atomic E-state index is -4.26. The largest absolute Gasteiger partial charge is 0.493 e. The zero-order valence-corrected chi connectivity index (χ0v) is 20.4. The number of halogens is 1. The molecule has 0 unspecified atom stereocenters. The van der Waals surface area contributed by atoms with Crippen molar-refractivity contribution in [2.75, 3.05) is 34.0 Å². The van der Waals surface area contributed by atoms with E-state index >= 15 is 0 Å². The molecule has 1 heterocycles. The van der Waals surface area contributed by atoms with E-state index in [9.17, 15) is 26.0 Å². The Bertz CT molecular complexity index is 1380. The number of para-hydroxylation sites is 1. The predicted molar refractivity (Wildman–Crippen MR) is 126 cm³/mol. The van der Waals surface area contributed by atoms with Gasteiger partial charge in [-0.1, -0.05) is 6.07 Å². The molecule has 11 nitrogen and oxygen atoms in total. The number of carbonyl (C=O) groups is 1. The number of rotatable bonds is 8. The van der Waals surface area contributed by atoms with Crippen LogP contribution in [-0.4, -0.2) is 47.5 Å². The lowest BCUT2D eigenvalue weighted by Gasteiger charge is -2.22. The molecular formula is C19H19FN4O7S3. The van der Waals surface area contributed by atoms with Crippen LogP contribution in [0.15, 0.2) is 48.0 Å². The lowest BCUT2D eigenvalue weighted by molar-refractivity contribution is 0.262. The number of ether oxygens (including phenoxy) is 2. The number of thiazole rings is 1. The molecule has 34 heavy (non-hydrogen) atoms. The molecule has 0 aliphatic heterocycles. The Morgan fingerprint density at radius 3 is 2.35 bits per heavy atom. The van der Waals surface area contributed by atoms with Crippen molar-refractivity contribution in [1.29, 1.82) is 0 Å². The van der Waals surface area contributed by atoms with Crippen molar-refractivity contribution in [1.82, 2.24) is 4.98 Å². The summed E-state index contributed by atoms with van der Waals surface area (Å²) in [7, 11) is -7.22. The van der Waals surface area contributed by atoms with Crippen molar-refractivity contribution in [3.05, 3.63) is 53.8 Å². The zero-order valence-electron chi connectivity index (χ0n) is 18.0. The molecule has 0 aliphatic carbocycles. The third-order valence-electron chi connectivity index (χ3n) is 4.04. The molecule has 182 valence electrons. The lowest BCUT2D eigenvalue weighted by Crippen LogP contribution is -2.35. The molecule has 0 saturated carbocycles. The van der Waals surface area contributed by atoms with Gasteiger partial charge in [0, 0.05) is 11.6 Å². The molecule has 0 spiro atoms. The number of benzene rings is 2. The second-order valence-electron chi connectivity index (χ2n) is 6.69. The van der Waals surface area contributed by atoms with Crippen LogP contribution >= 0.6 is 11.3 Å².